The highest BCUT2D eigenvalue weighted by Gasteiger charge is 2.20. The molecule has 2 N–H and O–H groups in total. The number of nitrogens with zero attached hydrogens (tertiary/aromatic N) is 3. The number of imidazole rings is 1. The van der Waals surface area contributed by atoms with E-state index >= 15 is 0 Å². The standard InChI is InChI=1S/C21H27N5O5S/c1-14(21(28)22-13-15-6-5-11-31-15)23-20(27)10-9-19-24-17-12-16(32(29,30)25(2)3)7-8-18(17)26(19)4/h5-8,11-12,14H,9-10,13H2,1-4H3,(H,22,28)(H,23,27)/t14-/m0/s1. The molecule has 1 atom stereocenters. The van der Waals surface area contributed by atoms with E-state index in [2.05, 4.69) is 15.6 Å². The first kappa shape index (κ1) is 23.5. The number of amides is 2. The van der Waals surface area contributed by atoms with Crippen molar-refractivity contribution >= 4 is 32.9 Å². The van der Waals surface area contributed by atoms with Gasteiger partial charge in [0.25, 0.3) is 0 Å². The van der Waals surface area contributed by atoms with Gasteiger partial charge in [-0.1, -0.05) is 0 Å². The van der Waals surface area contributed by atoms with Crippen molar-refractivity contribution in [1.29, 1.82) is 0 Å². The van der Waals surface area contributed by atoms with Crippen LogP contribution >= 0.6 is 0 Å². The largest absolute Gasteiger partial charge is 0.467 e. The molecule has 2 aromatic heterocycles. The molecule has 0 saturated heterocycles. The SMILES string of the molecule is C[C@H](NC(=O)CCc1nc2cc(S(=O)(=O)N(C)C)ccc2n1C)C(=O)NCc1ccco1. The second kappa shape index (κ2) is 9.53. The quantitative estimate of drug-likeness (QED) is 0.493. The maximum absolute atomic E-state index is 12.4. The smallest absolute Gasteiger partial charge is 0.242 e. The molecule has 1 aromatic carbocycles. The molecule has 3 aromatic rings. The van der Waals surface area contributed by atoms with Crippen LogP contribution in [0.5, 0.6) is 0 Å². The van der Waals surface area contributed by atoms with E-state index in [0.717, 1.165) is 9.82 Å². The van der Waals surface area contributed by atoms with Crippen LogP contribution in [0.25, 0.3) is 11.0 Å². The molecule has 2 amide bonds. The molecule has 11 heteroatoms. The van der Waals surface area contributed by atoms with E-state index in [4.69, 9.17) is 4.42 Å². The van der Waals surface area contributed by atoms with Gasteiger partial charge in [0.15, 0.2) is 0 Å². The Kier molecular flexibility index (Phi) is 6.99. The molecular formula is C21H27N5O5S. The van der Waals surface area contributed by atoms with Gasteiger partial charge in [-0.25, -0.2) is 17.7 Å². The van der Waals surface area contributed by atoms with Crippen LogP contribution in [0.4, 0.5) is 0 Å². The van der Waals surface area contributed by atoms with Crippen molar-refractivity contribution in [2.24, 2.45) is 7.05 Å². The predicted molar refractivity (Wildman–Crippen MR) is 118 cm³/mol. The number of carbonyl (C=O) groups is 2. The Morgan fingerprint density at radius 3 is 2.66 bits per heavy atom. The summed E-state index contributed by atoms with van der Waals surface area (Å²) in [7, 11) is 1.20. The monoisotopic (exact) mass is 461 g/mol. The molecule has 0 aliphatic rings. The number of sulfonamides is 1. The third-order valence-electron chi connectivity index (χ3n) is 5.09. The molecule has 0 unspecified atom stereocenters. The van der Waals surface area contributed by atoms with Crippen molar-refractivity contribution in [1.82, 2.24) is 24.5 Å². The average Bonchev–Trinajstić information content (AvgIpc) is 3.38. The Morgan fingerprint density at radius 1 is 1.25 bits per heavy atom. The van der Waals surface area contributed by atoms with Crippen molar-refractivity contribution in [3.05, 3.63) is 48.2 Å². The van der Waals surface area contributed by atoms with Crippen molar-refractivity contribution in [2.75, 3.05) is 14.1 Å². The molecule has 0 aliphatic carbocycles. The van der Waals surface area contributed by atoms with Gasteiger partial charge < -0.3 is 19.6 Å². The Balaban J connectivity index is 1.59. The molecular weight excluding hydrogens is 434 g/mol. The summed E-state index contributed by atoms with van der Waals surface area (Å²) in [5.74, 6) is 0.672. The molecule has 32 heavy (non-hydrogen) atoms. The zero-order valence-electron chi connectivity index (χ0n) is 18.5. The first-order valence-corrected chi connectivity index (χ1v) is 11.5. The molecule has 0 radical (unpaired) electrons. The van der Waals surface area contributed by atoms with Gasteiger partial charge in [0.05, 0.1) is 28.7 Å². The molecule has 0 saturated carbocycles. The highest BCUT2D eigenvalue weighted by molar-refractivity contribution is 7.89. The van der Waals surface area contributed by atoms with E-state index in [1.54, 1.807) is 31.2 Å². The number of carbonyl (C=O) groups excluding carboxylic acids is 2. The van der Waals surface area contributed by atoms with Crippen LogP contribution in [-0.4, -0.2) is 54.2 Å². The summed E-state index contributed by atoms with van der Waals surface area (Å²) >= 11 is 0. The highest BCUT2D eigenvalue weighted by Crippen LogP contribution is 2.21. The van der Waals surface area contributed by atoms with Crippen molar-refractivity contribution in [3.63, 3.8) is 0 Å². The summed E-state index contributed by atoms with van der Waals surface area (Å²) in [4.78, 5) is 29.1. The third-order valence-corrected chi connectivity index (χ3v) is 6.90. The Hall–Kier alpha value is -3.18. The maximum atomic E-state index is 12.4. The fraction of sp³-hybridized carbons (Fsp3) is 0.381. The summed E-state index contributed by atoms with van der Waals surface area (Å²) in [6.07, 6.45) is 2.00. The topological polar surface area (TPSA) is 127 Å². The van der Waals surface area contributed by atoms with Crippen LogP contribution in [0.1, 0.15) is 24.9 Å². The van der Waals surface area contributed by atoms with E-state index in [1.807, 2.05) is 11.6 Å². The Morgan fingerprint density at radius 2 is 2.00 bits per heavy atom. The molecule has 0 fully saturated rings. The first-order chi connectivity index (χ1) is 15.1. The van der Waals surface area contributed by atoms with Crippen molar-refractivity contribution < 1.29 is 22.4 Å². The van der Waals surface area contributed by atoms with Crippen LogP contribution in [0, 0.1) is 0 Å². The minimum Gasteiger partial charge on any atom is -0.467 e. The molecule has 0 spiro atoms. The van der Waals surface area contributed by atoms with Crippen molar-refractivity contribution in [3.8, 4) is 0 Å². The average molecular weight is 462 g/mol. The summed E-state index contributed by atoms with van der Waals surface area (Å²) in [6, 6.07) is 7.55. The van der Waals surface area contributed by atoms with Gasteiger partial charge in [-0.2, -0.15) is 0 Å². The summed E-state index contributed by atoms with van der Waals surface area (Å²) < 4.78 is 32.8. The van der Waals surface area contributed by atoms with E-state index < -0.39 is 16.1 Å². The third kappa shape index (κ3) is 5.17. The highest BCUT2D eigenvalue weighted by atomic mass is 32.2. The second-order valence-electron chi connectivity index (χ2n) is 7.61. The Bertz CT molecular complexity index is 1210. The maximum Gasteiger partial charge on any atom is 0.242 e. The zero-order valence-corrected chi connectivity index (χ0v) is 19.3. The van der Waals surface area contributed by atoms with Gasteiger partial charge in [-0.05, 0) is 37.3 Å². The van der Waals surface area contributed by atoms with Crippen molar-refractivity contribution in [2.45, 2.75) is 37.2 Å². The summed E-state index contributed by atoms with van der Waals surface area (Å²) in [6.45, 7) is 1.86. The van der Waals surface area contributed by atoms with E-state index in [1.165, 1.54) is 26.4 Å². The minimum absolute atomic E-state index is 0.135. The number of hydrogen-bond acceptors (Lipinski definition) is 6. The lowest BCUT2D eigenvalue weighted by atomic mass is 10.2. The van der Waals surface area contributed by atoms with Crippen LogP contribution in [0.15, 0.2) is 45.9 Å². The number of aryl methyl sites for hydroxylation is 2. The molecule has 172 valence electrons. The molecule has 0 bridgehead atoms. The number of hydrogen-bond donors (Lipinski definition) is 2. The van der Waals surface area contributed by atoms with Gasteiger partial charge in [0.1, 0.15) is 17.6 Å². The van der Waals surface area contributed by atoms with Gasteiger partial charge in [0.2, 0.25) is 21.8 Å². The number of fused-ring (bicyclic) bond motifs is 1. The van der Waals surface area contributed by atoms with Crippen LogP contribution in [-0.2, 0) is 39.6 Å². The number of aromatic nitrogens is 2. The van der Waals surface area contributed by atoms with Gasteiger partial charge >= 0.3 is 0 Å². The van der Waals surface area contributed by atoms with Gasteiger partial charge in [0, 0.05) is 34.0 Å². The molecule has 3 rings (SSSR count). The molecule has 2 heterocycles. The lowest BCUT2D eigenvalue weighted by Gasteiger charge is -2.13. The van der Waals surface area contributed by atoms with Crippen LogP contribution < -0.4 is 10.6 Å². The lowest BCUT2D eigenvalue weighted by molar-refractivity contribution is -0.128. The molecule has 0 aliphatic heterocycles. The number of benzene rings is 1. The number of furan rings is 1. The first-order valence-electron chi connectivity index (χ1n) is 10.1. The lowest BCUT2D eigenvalue weighted by Crippen LogP contribution is -2.44. The Labute approximate surface area is 186 Å². The summed E-state index contributed by atoms with van der Waals surface area (Å²) in [5.41, 5.74) is 1.31. The van der Waals surface area contributed by atoms with Crippen LogP contribution in [0.3, 0.4) is 0 Å². The zero-order chi connectivity index (χ0) is 23.5. The van der Waals surface area contributed by atoms with Crippen LogP contribution in [0.2, 0.25) is 0 Å². The van der Waals surface area contributed by atoms with E-state index in [-0.39, 0.29) is 29.7 Å². The van der Waals surface area contributed by atoms with E-state index in [9.17, 15) is 18.0 Å². The number of rotatable bonds is 9. The summed E-state index contributed by atoms with van der Waals surface area (Å²) in [5, 5.41) is 5.37. The number of nitrogens with one attached hydrogen (secondary N) is 2. The van der Waals surface area contributed by atoms with Gasteiger partial charge in [-0.15, -0.1) is 0 Å². The fourth-order valence-corrected chi connectivity index (χ4v) is 4.09. The fourth-order valence-electron chi connectivity index (χ4n) is 3.17. The normalized spacial score (nSPS) is 12.8. The second-order valence-corrected chi connectivity index (χ2v) is 9.76. The predicted octanol–water partition coefficient (Wildman–Crippen LogP) is 1.17. The van der Waals surface area contributed by atoms with E-state index in [0.29, 0.717) is 23.5 Å². The molecule has 10 nitrogen and oxygen atoms in total. The minimum atomic E-state index is -3.56. The van der Waals surface area contributed by atoms with Gasteiger partial charge in [-0.3, -0.25) is 9.59 Å².